The van der Waals surface area contributed by atoms with Gasteiger partial charge in [0.1, 0.15) is 17.0 Å². The van der Waals surface area contributed by atoms with Crippen molar-refractivity contribution < 1.29 is 14.3 Å². The average Bonchev–Trinajstić information content (AvgIpc) is 2.24. The summed E-state index contributed by atoms with van der Waals surface area (Å²) in [4.78, 5) is 13.7. The van der Waals surface area contributed by atoms with Crippen LogP contribution in [0.15, 0.2) is 24.3 Å². The molecule has 1 aromatic rings. The molecule has 0 bridgehead atoms. The zero-order valence-corrected chi connectivity index (χ0v) is 14.5. The molecule has 0 unspecified atom stereocenters. The van der Waals surface area contributed by atoms with Crippen LogP contribution in [0, 0.1) is 0 Å². The van der Waals surface area contributed by atoms with Crippen molar-refractivity contribution in [2.45, 2.75) is 58.7 Å². The zero-order valence-electron chi connectivity index (χ0n) is 14.5. The lowest BCUT2D eigenvalue weighted by Gasteiger charge is -2.40. The molecule has 0 N–H and O–H groups in total. The maximum Gasteiger partial charge on any atom is 0.410 e. The summed E-state index contributed by atoms with van der Waals surface area (Å²) < 4.78 is 11.2. The monoisotopic (exact) mass is 305 g/mol. The Morgan fingerprint density at radius 2 is 1.55 bits per heavy atom. The van der Waals surface area contributed by atoms with E-state index in [2.05, 4.69) is 12.1 Å². The van der Waals surface area contributed by atoms with Gasteiger partial charge in [-0.05, 0) is 59.2 Å². The lowest BCUT2D eigenvalue weighted by Crippen LogP contribution is -2.50. The van der Waals surface area contributed by atoms with Gasteiger partial charge >= 0.3 is 6.09 Å². The lowest BCUT2D eigenvalue weighted by atomic mass is 9.92. The summed E-state index contributed by atoms with van der Waals surface area (Å²) in [6.45, 7) is 13.2. The van der Waals surface area contributed by atoms with Crippen LogP contribution in [0.1, 0.15) is 53.0 Å². The Kier molecular flexibility index (Phi) is 4.41. The summed E-state index contributed by atoms with van der Waals surface area (Å²) in [5, 5.41) is 0. The molecule has 122 valence electrons. The quantitative estimate of drug-likeness (QED) is 0.822. The van der Waals surface area contributed by atoms with Gasteiger partial charge in [-0.1, -0.05) is 12.1 Å². The van der Waals surface area contributed by atoms with Crippen molar-refractivity contribution >= 4 is 6.09 Å². The second kappa shape index (κ2) is 5.82. The average molecular weight is 305 g/mol. The van der Waals surface area contributed by atoms with E-state index in [0.717, 1.165) is 5.75 Å². The fourth-order valence-corrected chi connectivity index (χ4v) is 2.33. The van der Waals surface area contributed by atoms with Crippen LogP contribution in [-0.4, -0.2) is 35.3 Å². The highest BCUT2D eigenvalue weighted by atomic mass is 16.6. The molecule has 1 saturated heterocycles. The molecule has 1 heterocycles. The number of benzene rings is 1. The molecule has 4 heteroatoms. The van der Waals surface area contributed by atoms with Gasteiger partial charge in [0, 0.05) is 19.0 Å². The fourth-order valence-electron chi connectivity index (χ4n) is 2.33. The summed E-state index contributed by atoms with van der Waals surface area (Å²) >= 11 is 0. The van der Waals surface area contributed by atoms with Gasteiger partial charge in [0.15, 0.2) is 0 Å². The summed E-state index contributed by atoms with van der Waals surface area (Å²) in [5.74, 6) is 1.26. The number of nitrogens with zero attached hydrogens (tertiary/aromatic N) is 1. The van der Waals surface area contributed by atoms with Crippen molar-refractivity contribution in [1.29, 1.82) is 0 Å². The molecular weight excluding hydrogens is 278 g/mol. The number of hydrogen-bond donors (Lipinski definition) is 0. The number of rotatable bonds is 2. The maximum atomic E-state index is 11.9. The van der Waals surface area contributed by atoms with E-state index < -0.39 is 5.60 Å². The van der Waals surface area contributed by atoms with Crippen molar-refractivity contribution in [3.8, 4) is 5.75 Å². The van der Waals surface area contributed by atoms with E-state index in [-0.39, 0.29) is 11.7 Å². The number of carbonyl (C=O) groups excluding carboxylic acids is 1. The van der Waals surface area contributed by atoms with E-state index in [4.69, 9.17) is 9.47 Å². The van der Waals surface area contributed by atoms with E-state index in [1.165, 1.54) is 5.56 Å². The number of amides is 1. The maximum absolute atomic E-state index is 11.9. The second-order valence-electron chi connectivity index (χ2n) is 7.87. The molecule has 1 fully saturated rings. The van der Waals surface area contributed by atoms with Crippen LogP contribution in [0.25, 0.3) is 0 Å². The SMILES string of the molecule is CC(C)(C)OC(=O)N1CC(c2ccc(OC(C)(C)C)cc2)C1. The van der Waals surface area contributed by atoms with Gasteiger partial charge in [0.05, 0.1) is 0 Å². The molecule has 1 aliphatic heterocycles. The Hall–Kier alpha value is -1.71. The van der Waals surface area contributed by atoms with Gasteiger partial charge < -0.3 is 14.4 Å². The van der Waals surface area contributed by atoms with E-state index in [1.807, 2.05) is 53.7 Å². The molecule has 1 aromatic carbocycles. The van der Waals surface area contributed by atoms with Crippen molar-refractivity contribution in [2.75, 3.05) is 13.1 Å². The molecule has 0 aliphatic carbocycles. The molecule has 2 rings (SSSR count). The van der Waals surface area contributed by atoms with Crippen LogP contribution in [0.4, 0.5) is 4.79 Å². The zero-order chi connectivity index (χ0) is 16.5. The van der Waals surface area contributed by atoms with E-state index in [9.17, 15) is 4.79 Å². The van der Waals surface area contributed by atoms with E-state index in [1.54, 1.807) is 4.90 Å². The predicted octanol–water partition coefficient (Wildman–Crippen LogP) is 4.20. The minimum absolute atomic E-state index is 0.189. The minimum atomic E-state index is -0.436. The van der Waals surface area contributed by atoms with Gasteiger partial charge in [-0.2, -0.15) is 0 Å². The molecule has 0 radical (unpaired) electrons. The van der Waals surface area contributed by atoms with Gasteiger partial charge in [0.25, 0.3) is 0 Å². The normalized spacial score (nSPS) is 16.2. The third-order valence-corrected chi connectivity index (χ3v) is 3.31. The smallest absolute Gasteiger partial charge is 0.410 e. The molecule has 0 spiro atoms. The van der Waals surface area contributed by atoms with Gasteiger partial charge in [-0.25, -0.2) is 4.79 Å². The standard InChI is InChI=1S/C18H27NO3/c1-17(2,3)21-15-9-7-13(8-10-15)14-11-19(12-14)16(20)22-18(4,5)6/h7-10,14H,11-12H2,1-6H3. The molecule has 0 atom stereocenters. The van der Waals surface area contributed by atoms with Crippen molar-refractivity contribution in [3.05, 3.63) is 29.8 Å². The van der Waals surface area contributed by atoms with Gasteiger partial charge in [0.2, 0.25) is 0 Å². The first kappa shape index (κ1) is 16.7. The van der Waals surface area contributed by atoms with Crippen LogP contribution in [0.2, 0.25) is 0 Å². The number of hydrogen-bond acceptors (Lipinski definition) is 3. The molecule has 22 heavy (non-hydrogen) atoms. The first-order chi connectivity index (χ1) is 10.0. The Labute approximate surface area is 133 Å². The Balaban J connectivity index is 1.87. The first-order valence-corrected chi connectivity index (χ1v) is 7.80. The topological polar surface area (TPSA) is 38.8 Å². The third-order valence-electron chi connectivity index (χ3n) is 3.31. The van der Waals surface area contributed by atoms with Crippen LogP contribution < -0.4 is 4.74 Å². The summed E-state index contributed by atoms with van der Waals surface area (Å²) in [7, 11) is 0. The second-order valence-corrected chi connectivity index (χ2v) is 7.87. The van der Waals surface area contributed by atoms with Crippen molar-refractivity contribution in [1.82, 2.24) is 4.90 Å². The highest BCUT2D eigenvalue weighted by molar-refractivity contribution is 5.69. The first-order valence-electron chi connectivity index (χ1n) is 7.80. The highest BCUT2D eigenvalue weighted by Crippen LogP contribution is 2.30. The Morgan fingerprint density at radius 3 is 2.00 bits per heavy atom. The van der Waals surface area contributed by atoms with E-state index >= 15 is 0 Å². The molecule has 4 nitrogen and oxygen atoms in total. The molecule has 1 aliphatic rings. The fraction of sp³-hybridized carbons (Fsp3) is 0.611. The van der Waals surface area contributed by atoms with E-state index in [0.29, 0.717) is 19.0 Å². The third kappa shape index (κ3) is 4.65. The summed E-state index contributed by atoms with van der Waals surface area (Å²) in [6, 6.07) is 8.16. The molecule has 1 amide bonds. The lowest BCUT2D eigenvalue weighted by molar-refractivity contribution is 0.00817. The van der Waals surface area contributed by atoms with Crippen LogP contribution in [-0.2, 0) is 4.74 Å². The van der Waals surface area contributed by atoms with Gasteiger partial charge in [-0.3, -0.25) is 0 Å². The Bertz CT molecular complexity index is 517. The molecule has 0 saturated carbocycles. The predicted molar refractivity (Wildman–Crippen MR) is 87.4 cm³/mol. The highest BCUT2D eigenvalue weighted by Gasteiger charge is 2.34. The van der Waals surface area contributed by atoms with Crippen LogP contribution >= 0.6 is 0 Å². The molecular formula is C18H27NO3. The summed E-state index contributed by atoms with van der Waals surface area (Å²) in [5.41, 5.74) is 0.612. The summed E-state index contributed by atoms with van der Waals surface area (Å²) in [6.07, 6.45) is -0.226. The number of carbonyl (C=O) groups is 1. The largest absolute Gasteiger partial charge is 0.488 e. The van der Waals surface area contributed by atoms with Gasteiger partial charge in [-0.15, -0.1) is 0 Å². The molecule has 0 aromatic heterocycles. The van der Waals surface area contributed by atoms with Crippen LogP contribution in [0.5, 0.6) is 5.75 Å². The minimum Gasteiger partial charge on any atom is -0.488 e. The van der Waals surface area contributed by atoms with Crippen LogP contribution in [0.3, 0.4) is 0 Å². The van der Waals surface area contributed by atoms with Crippen molar-refractivity contribution in [3.63, 3.8) is 0 Å². The Morgan fingerprint density at radius 1 is 1.00 bits per heavy atom. The number of ether oxygens (including phenoxy) is 2. The van der Waals surface area contributed by atoms with Crippen molar-refractivity contribution in [2.24, 2.45) is 0 Å². The number of likely N-dealkylation sites (tertiary alicyclic amines) is 1.